The molecular weight excluding hydrogens is 163 g/mol. The van der Waals surface area contributed by atoms with E-state index < -0.39 is 7.12 Å². The Morgan fingerprint density at radius 2 is 2.38 bits per heavy atom. The van der Waals surface area contributed by atoms with Crippen LogP contribution in [0, 0.1) is 0 Å². The summed E-state index contributed by atoms with van der Waals surface area (Å²) in [5, 5.41) is 9.68. The first-order valence-corrected chi connectivity index (χ1v) is 5.26. The normalized spacial score (nSPS) is 19.5. The van der Waals surface area contributed by atoms with Gasteiger partial charge in [0.1, 0.15) is 0 Å². The summed E-state index contributed by atoms with van der Waals surface area (Å²) in [6.07, 6.45) is 7.75. The Morgan fingerprint density at radius 1 is 1.62 bits per heavy atom. The van der Waals surface area contributed by atoms with Crippen LogP contribution in [0.1, 0.15) is 46.0 Å². The van der Waals surface area contributed by atoms with Gasteiger partial charge in [-0.25, -0.2) is 0 Å². The molecule has 1 rings (SSSR count). The average Bonchev–Trinajstić information content (AvgIpc) is 2.19. The molecular formula is C10H19BO2. The van der Waals surface area contributed by atoms with E-state index >= 15 is 0 Å². The molecule has 0 bridgehead atoms. The van der Waals surface area contributed by atoms with E-state index in [1.165, 1.54) is 12.8 Å². The fourth-order valence-electron chi connectivity index (χ4n) is 1.49. The van der Waals surface area contributed by atoms with Gasteiger partial charge in [0, 0.05) is 6.10 Å². The van der Waals surface area contributed by atoms with Gasteiger partial charge >= 0.3 is 7.12 Å². The van der Waals surface area contributed by atoms with Crippen molar-refractivity contribution in [2.75, 3.05) is 0 Å². The Hall–Kier alpha value is -0.275. The predicted octanol–water partition coefficient (Wildman–Crippen LogP) is 2.32. The molecule has 1 aliphatic carbocycles. The highest BCUT2D eigenvalue weighted by molar-refractivity contribution is 6.52. The van der Waals surface area contributed by atoms with Gasteiger partial charge in [0.05, 0.1) is 0 Å². The Labute approximate surface area is 81.1 Å². The van der Waals surface area contributed by atoms with Crippen molar-refractivity contribution in [2.45, 2.75) is 52.1 Å². The zero-order valence-electron chi connectivity index (χ0n) is 8.62. The summed E-state index contributed by atoms with van der Waals surface area (Å²) in [4.78, 5) is 0. The van der Waals surface area contributed by atoms with Crippen molar-refractivity contribution in [3.8, 4) is 0 Å². The minimum absolute atomic E-state index is 0.151. The minimum Gasteiger partial charge on any atom is -0.423 e. The summed E-state index contributed by atoms with van der Waals surface area (Å²) in [7, 11) is -0.657. The highest BCUT2D eigenvalue weighted by atomic mass is 16.5. The van der Waals surface area contributed by atoms with Crippen molar-refractivity contribution in [2.24, 2.45) is 0 Å². The fraction of sp³-hybridized carbons (Fsp3) is 0.800. The molecule has 0 aliphatic heterocycles. The second-order valence-corrected chi connectivity index (χ2v) is 3.73. The molecule has 0 spiro atoms. The third-order valence-corrected chi connectivity index (χ3v) is 2.58. The van der Waals surface area contributed by atoms with Crippen LogP contribution in [0.2, 0.25) is 0 Å². The quantitative estimate of drug-likeness (QED) is 0.676. The lowest BCUT2D eigenvalue weighted by Crippen LogP contribution is -2.27. The van der Waals surface area contributed by atoms with Crippen LogP contribution in [0.3, 0.4) is 0 Å². The monoisotopic (exact) mass is 182 g/mol. The fourth-order valence-corrected chi connectivity index (χ4v) is 1.49. The van der Waals surface area contributed by atoms with Crippen LogP contribution in [0.25, 0.3) is 0 Å². The third-order valence-electron chi connectivity index (χ3n) is 2.58. The summed E-state index contributed by atoms with van der Waals surface area (Å²) >= 11 is 0. The molecule has 1 atom stereocenters. The second kappa shape index (κ2) is 5.45. The summed E-state index contributed by atoms with van der Waals surface area (Å²) in [6.45, 7) is 4.05. The Bertz CT molecular complexity index is 180. The molecule has 0 fully saturated rings. The Balaban J connectivity index is 2.37. The van der Waals surface area contributed by atoms with Crippen LogP contribution in [0.4, 0.5) is 0 Å². The molecule has 2 nitrogen and oxygen atoms in total. The molecule has 74 valence electrons. The minimum atomic E-state index is -0.657. The number of rotatable bonds is 4. The number of hydrogen-bond donors (Lipinski definition) is 1. The van der Waals surface area contributed by atoms with Crippen LogP contribution < -0.4 is 0 Å². The van der Waals surface area contributed by atoms with Crippen molar-refractivity contribution in [1.29, 1.82) is 0 Å². The van der Waals surface area contributed by atoms with Crippen molar-refractivity contribution in [1.82, 2.24) is 0 Å². The molecule has 13 heavy (non-hydrogen) atoms. The first kappa shape index (κ1) is 10.8. The lowest BCUT2D eigenvalue weighted by atomic mass is 9.73. The molecule has 0 aromatic carbocycles. The van der Waals surface area contributed by atoms with Crippen LogP contribution in [-0.2, 0) is 4.65 Å². The van der Waals surface area contributed by atoms with Crippen LogP contribution in [0.5, 0.6) is 0 Å². The highest BCUT2D eigenvalue weighted by Gasteiger charge is 2.22. The second-order valence-electron chi connectivity index (χ2n) is 3.73. The molecule has 0 amide bonds. The van der Waals surface area contributed by atoms with Gasteiger partial charge in [-0.3, -0.25) is 0 Å². The molecule has 0 heterocycles. The summed E-state index contributed by atoms with van der Waals surface area (Å²) in [5.74, 6) is 0. The Morgan fingerprint density at radius 3 is 2.92 bits per heavy atom. The molecule has 1 unspecified atom stereocenters. The maximum Gasteiger partial charge on any atom is 0.486 e. The summed E-state index contributed by atoms with van der Waals surface area (Å²) < 4.78 is 5.43. The van der Waals surface area contributed by atoms with E-state index in [4.69, 9.17) is 4.65 Å². The molecule has 0 radical (unpaired) electrons. The summed E-state index contributed by atoms with van der Waals surface area (Å²) in [6, 6.07) is 0. The van der Waals surface area contributed by atoms with E-state index in [0.717, 1.165) is 24.7 Å². The van der Waals surface area contributed by atoms with E-state index in [-0.39, 0.29) is 6.10 Å². The van der Waals surface area contributed by atoms with Gasteiger partial charge in [-0.15, -0.1) is 0 Å². The lowest BCUT2D eigenvalue weighted by molar-refractivity contribution is 0.182. The third kappa shape index (κ3) is 3.53. The molecule has 0 saturated carbocycles. The molecule has 1 N–H and O–H groups in total. The first-order valence-electron chi connectivity index (χ1n) is 5.26. The van der Waals surface area contributed by atoms with E-state index in [9.17, 15) is 5.02 Å². The average molecular weight is 182 g/mol. The van der Waals surface area contributed by atoms with Gasteiger partial charge in [-0.1, -0.05) is 13.0 Å². The van der Waals surface area contributed by atoms with Gasteiger partial charge < -0.3 is 9.68 Å². The maximum absolute atomic E-state index is 9.68. The standard InChI is InChI=1S/C10H19BO2/c1-3-9(2)13-11(12)10-7-5-4-6-8-10/h7,9,12H,3-6,8H2,1-2H3. The van der Waals surface area contributed by atoms with E-state index in [2.05, 4.69) is 13.0 Å². The van der Waals surface area contributed by atoms with Crippen LogP contribution >= 0.6 is 0 Å². The van der Waals surface area contributed by atoms with E-state index in [0.29, 0.717) is 0 Å². The van der Waals surface area contributed by atoms with Crippen molar-refractivity contribution in [3.63, 3.8) is 0 Å². The summed E-state index contributed by atoms with van der Waals surface area (Å²) in [5.41, 5.74) is 1.08. The topological polar surface area (TPSA) is 29.5 Å². The predicted molar refractivity (Wildman–Crippen MR) is 55.4 cm³/mol. The van der Waals surface area contributed by atoms with Gasteiger partial charge in [-0.05, 0) is 44.5 Å². The van der Waals surface area contributed by atoms with Crippen molar-refractivity contribution >= 4 is 7.12 Å². The van der Waals surface area contributed by atoms with Crippen molar-refractivity contribution in [3.05, 3.63) is 11.5 Å². The van der Waals surface area contributed by atoms with Gasteiger partial charge in [0.2, 0.25) is 0 Å². The van der Waals surface area contributed by atoms with Gasteiger partial charge in [-0.2, -0.15) is 0 Å². The first-order chi connectivity index (χ1) is 6.24. The van der Waals surface area contributed by atoms with Gasteiger partial charge in [0.25, 0.3) is 0 Å². The Kier molecular flexibility index (Phi) is 4.53. The maximum atomic E-state index is 9.68. The zero-order chi connectivity index (χ0) is 9.68. The van der Waals surface area contributed by atoms with E-state index in [1.807, 2.05) is 6.92 Å². The van der Waals surface area contributed by atoms with E-state index in [1.54, 1.807) is 0 Å². The largest absolute Gasteiger partial charge is 0.486 e. The molecule has 1 aliphatic rings. The number of hydrogen-bond acceptors (Lipinski definition) is 2. The molecule has 0 saturated heterocycles. The van der Waals surface area contributed by atoms with Crippen LogP contribution in [-0.4, -0.2) is 18.2 Å². The van der Waals surface area contributed by atoms with Crippen molar-refractivity contribution < 1.29 is 9.68 Å². The lowest BCUT2D eigenvalue weighted by Gasteiger charge is -2.18. The molecule has 0 aromatic heterocycles. The highest BCUT2D eigenvalue weighted by Crippen LogP contribution is 2.19. The smallest absolute Gasteiger partial charge is 0.423 e. The SMILES string of the molecule is CCC(C)OB(O)C1=CCCCC1. The number of allylic oxidation sites excluding steroid dienone is 2. The van der Waals surface area contributed by atoms with Crippen LogP contribution in [0.15, 0.2) is 11.5 Å². The zero-order valence-corrected chi connectivity index (χ0v) is 8.62. The van der Waals surface area contributed by atoms with Gasteiger partial charge in [0.15, 0.2) is 0 Å². The molecule has 0 aromatic rings. The molecule has 3 heteroatoms.